The quantitative estimate of drug-likeness (QED) is 0.515. The maximum Gasteiger partial charge on any atom is 0.503 e. The Labute approximate surface area is 66.1 Å². The standard InChI is InChI=1S/CH2O3.2Co.2H2O/c2-1(3)4;;;;/h(H2,2,3,4);;;2*1H2. The Morgan fingerprint density at radius 2 is 1.00 bits per heavy atom. The molecule has 0 fully saturated rings. The molecule has 0 amide bonds. The van der Waals surface area contributed by atoms with E-state index < -0.39 is 6.16 Å². The molecule has 0 aliphatic rings. The molecule has 0 aliphatic heterocycles. The van der Waals surface area contributed by atoms with Crippen molar-refractivity contribution in [3.05, 3.63) is 0 Å². The van der Waals surface area contributed by atoms with Crippen LogP contribution < -0.4 is 0 Å². The Morgan fingerprint density at radius 3 is 1.00 bits per heavy atom. The van der Waals surface area contributed by atoms with Crippen LogP contribution in [0.25, 0.3) is 0 Å². The van der Waals surface area contributed by atoms with Gasteiger partial charge in [0.15, 0.2) is 0 Å². The van der Waals surface area contributed by atoms with Gasteiger partial charge in [-0.3, -0.25) is 0 Å². The Hall–Kier alpha value is 0.203. The van der Waals surface area contributed by atoms with Gasteiger partial charge in [0.05, 0.1) is 0 Å². The molecule has 0 atom stereocenters. The van der Waals surface area contributed by atoms with Crippen molar-refractivity contribution in [3.8, 4) is 0 Å². The molecule has 0 saturated heterocycles. The van der Waals surface area contributed by atoms with E-state index in [2.05, 4.69) is 0 Å². The molecule has 0 aromatic rings. The van der Waals surface area contributed by atoms with Crippen LogP contribution in [-0.4, -0.2) is 27.3 Å². The van der Waals surface area contributed by atoms with Crippen LogP contribution >= 0.6 is 0 Å². The van der Waals surface area contributed by atoms with E-state index in [1.54, 1.807) is 0 Å². The molecule has 0 aromatic carbocycles. The molecule has 0 bridgehead atoms. The topological polar surface area (TPSA) is 121 Å². The van der Waals surface area contributed by atoms with Gasteiger partial charge in [0.2, 0.25) is 0 Å². The zero-order valence-electron chi connectivity index (χ0n) is 3.47. The predicted octanol–water partition coefficient (Wildman–Crippen LogP) is -1.43. The minimum atomic E-state index is -1.83. The minimum Gasteiger partial charge on any atom is -0.450 e. The van der Waals surface area contributed by atoms with Gasteiger partial charge in [0.25, 0.3) is 0 Å². The molecule has 0 rings (SSSR count). The normalized spacial score (nSPS) is 3.00. The molecule has 8 heavy (non-hydrogen) atoms. The first-order chi connectivity index (χ1) is 1.73. The van der Waals surface area contributed by atoms with Crippen molar-refractivity contribution in [2.75, 3.05) is 0 Å². The second kappa shape index (κ2) is 27.0. The van der Waals surface area contributed by atoms with E-state index in [0.29, 0.717) is 0 Å². The summed E-state index contributed by atoms with van der Waals surface area (Å²) in [4.78, 5) is 8.56. The van der Waals surface area contributed by atoms with Crippen LogP contribution in [0.5, 0.6) is 0 Å². The van der Waals surface area contributed by atoms with Crippen LogP contribution in [0.15, 0.2) is 0 Å². The third-order valence-electron chi connectivity index (χ3n) is 0. The zero-order chi connectivity index (χ0) is 3.58. The van der Waals surface area contributed by atoms with Gasteiger partial charge in [0.1, 0.15) is 0 Å². The summed E-state index contributed by atoms with van der Waals surface area (Å²) in [6.07, 6.45) is -1.83. The van der Waals surface area contributed by atoms with E-state index >= 15 is 0 Å². The molecule has 7 heteroatoms. The summed E-state index contributed by atoms with van der Waals surface area (Å²) in [6, 6.07) is 0. The first-order valence-corrected chi connectivity index (χ1v) is 0.651. The molecule has 2 radical (unpaired) electrons. The van der Waals surface area contributed by atoms with Gasteiger partial charge in [0, 0.05) is 33.6 Å². The summed E-state index contributed by atoms with van der Waals surface area (Å²) in [5.74, 6) is 0. The molecule has 6 N–H and O–H groups in total. The van der Waals surface area contributed by atoms with Crippen molar-refractivity contribution in [2.24, 2.45) is 0 Å². The van der Waals surface area contributed by atoms with Crippen LogP contribution in [0, 0.1) is 0 Å². The summed E-state index contributed by atoms with van der Waals surface area (Å²) in [6.45, 7) is 0. The van der Waals surface area contributed by atoms with Gasteiger partial charge in [-0.2, -0.15) is 0 Å². The largest absolute Gasteiger partial charge is 0.503 e. The summed E-state index contributed by atoms with van der Waals surface area (Å²) >= 11 is 0. The van der Waals surface area contributed by atoms with E-state index in [-0.39, 0.29) is 44.5 Å². The molecule has 0 aromatic heterocycles. The molecule has 58 valence electrons. The molecular formula is CH6Co2O5. The van der Waals surface area contributed by atoms with Crippen LogP contribution in [0.2, 0.25) is 0 Å². The van der Waals surface area contributed by atoms with Crippen LogP contribution in [0.4, 0.5) is 4.79 Å². The van der Waals surface area contributed by atoms with E-state index in [0.717, 1.165) is 0 Å². The van der Waals surface area contributed by atoms with Gasteiger partial charge in [-0.15, -0.1) is 0 Å². The molecule has 0 heterocycles. The van der Waals surface area contributed by atoms with Gasteiger partial charge in [-0.25, -0.2) is 4.79 Å². The third kappa shape index (κ3) is 4080. The van der Waals surface area contributed by atoms with Crippen LogP contribution in [-0.2, 0) is 33.6 Å². The fourth-order valence-corrected chi connectivity index (χ4v) is 0. The van der Waals surface area contributed by atoms with E-state index in [4.69, 9.17) is 15.0 Å². The Morgan fingerprint density at radius 1 is 1.00 bits per heavy atom. The van der Waals surface area contributed by atoms with Gasteiger partial charge < -0.3 is 21.2 Å². The first kappa shape index (κ1) is 41.5. The molecule has 5 nitrogen and oxygen atoms in total. The van der Waals surface area contributed by atoms with Gasteiger partial charge in [-0.05, 0) is 0 Å². The van der Waals surface area contributed by atoms with Crippen LogP contribution in [0.3, 0.4) is 0 Å². The zero-order valence-corrected chi connectivity index (χ0v) is 5.55. The first-order valence-electron chi connectivity index (χ1n) is 0.651. The van der Waals surface area contributed by atoms with Gasteiger partial charge in [-0.1, -0.05) is 0 Å². The van der Waals surface area contributed by atoms with Crippen molar-refractivity contribution in [1.82, 2.24) is 0 Å². The molecule has 0 aliphatic carbocycles. The van der Waals surface area contributed by atoms with Crippen molar-refractivity contribution in [3.63, 3.8) is 0 Å². The van der Waals surface area contributed by atoms with Gasteiger partial charge >= 0.3 is 6.16 Å². The van der Waals surface area contributed by atoms with E-state index in [1.165, 1.54) is 0 Å². The van der Waals surface area contributed by atoms with Crippen LogP contribution in [0.1, 0.15) is 0 Å². The van der Waals surface area contributed by atoms with Crippen molar-refractivity contribution >= 4 is 6.16 Å². The Balaban J connectivity index is -0.00000000750. The SMILES string of the molecule is O.O.O=C(O)O.[Co].[Co]. The molecule has 0 unspecified atom stereocenters. The summed E-state index contributed by atoms with van der Waals surface area (Å²) in [5.41, 5.74) is 0. The van der Waals surface area contributed by atoms with Crippen molar-refractivity contribution in [2.45, 2.75) is 0 Å². The fraction of sp³-hybridized carbons (Fsp3) is 0. The number of hydrogen-bond acceptors (Lipinski definition) is 1. The smallest absolute Gasteiger partial charge is 0.450 e. The molecular weight excluding hydrogens is 210 g/mol. The summed E-state index contributed by atoms with van der Waals surface area (Å²) in [5, 5.41) is 13.9. The number of rotatable bonds is 0. The predicted molar refractivity (Wildman–Crippen MR) is 17.9 cm³/mol. The fourth-order valence-electron chi connectivity index (χ4n) is 0. The van der Waals surface area contributed by atoms with Crippen molar-refractivity contribution in [1.29, 1.82) is 0 Å². The maximum atomic E-state index is 8.56. The van der Waals surface area contributed by atoms with Crippen molar-refractivity contribution < 1.29 is 59.5 Å². The molecule has 0 spiro atoms. The molecule has 0 saturated carbocycles. The summed E-state index contributed by atoms with van der Waals surface area (Å²) in [7, 11) is 0. The second-order valence-corrected chi connectivity index (χ2v) is 0.283. The third-order valence-corrected chi connectivity index (χ3v) is 0. The Bertz CT molecular complexity index is 33.4. The maximum absolute atomic E-state index is 8.56. The average molecular weight is 216 g/mol. The van der Waals surface area contributed by atoms with E-state index in [1.807, 2.05) is 0 Å². The number of hydrogen-bond donors (Lipinski definition) is 2. The average Bonchev–Trinajstić information content (AvgIpc) is 0.811. The Kier molecular flexibility index (Phi) is 140. The minimum absolute atomic E-state index is 0. The second-order valence-electron chi connectivity index (χ2n) is 0.283. The van der Waals surface area contributed by atoms with E-state index in [9.17, 15) is 0 Å². The summed E-state index contributed by atoms with van der Waals surface area (Å²) < 4.78 is 0. The monoisotopic (exact) mass is 216 g/mol. The number of carbonyl (C=O) groups is 1. The number of carboxylic acid groups (broad SMARTS) is 2.